The molecule has 2 atom stereocenters. The minimum atomic E-state index is -0.682. The molecule has 4 aliphatic rings. The van der Waals surface area contributed by atoms with Crippen molar-refractivity contribution in [2.45, 2.75) is 231 Å². The first-order chi connectivity index (χ1) is 28.4. The van der Waals surface area contributed by atoms with Crippen LogP contribution in [-0.2, 0) is 17.6 Å². The molecule has 2 heterocycles. The summed E-state index contributed by atoms with van der Waals surface area (Å²) in [4.78, 5) is 12.9. The lowest BCUT2D eigenvalue weighted by atomic mass is 9.73. The number of ketones is 1. The summed E-state index contributed by atoms with van der Waals surface area (Å²) in [6.45, 7) is 4.45. The Morgan fingerprint density at radius 2 is 0.897 bits per heavy atom. The summed E-state index contributed by atoms with van der Waals surface area (Å²) >= 11 is 0. The fraction of sp³-hybridized carbons (Fsp3) is 0.824. The van der Waals surface area contributed by atoms with E-state index in [-0.39, 0.29) is 11.8 Å². The lowest BCUT2D eigenvalue weighted by Crippen LogP contribution is -2.27. The molecule has 0 amide bonds. The average molecular weight is 803 g/mol. The molecule has 2 unspecified atom stereocenters. The highest BCUT2D eigenvalue weighted by atomic mass is 19.1. The van der Waals surface area contributed by atoms with E-state index in [1.165, 1.54) is 38.5 Å². The Morgan fingerprint density at radius 1 is 0.517 bits per heavy atom. The largest absolute Gasteiger partial charge is 0.300 e. The lowest BCUT2D eigenvalue weighted by molar-refractivity contribution is -0.119. The summed E-state index contributed by atoms with van der Waals surface area (Å²) in [5, 5.41) is 18.2. The maximum absolute atomic E-state index is 15.6. The van der Waals surface area contributed by atoms with Crippen LogP contribution in [0.2, 0.25) is 0 Å². The summed E-state index contributed by atoms with van der Waals surface area (Å²) in [5.41, 5.74) is 4.48. The normalized spacial score (nSPS) is 29.2. The van der Waals surface area contributed by atoms with Crippen LogP contribution in [0.5, 0.6) is 0 Å². The molecule has 0 N–H and O–H groups in total. The number of aromatic nitrogens is 4. The molecule has 2 aromatic heterocycles. The topological polar surface area (TPSA) is 68.6 Å². The van der Waals surface area contributed by atoms with Crippen LogP contribution >= 0.6 is 0 Å². The highest BCUT2D eigenvalue weighted by Gasteiger charge is 2.34. The number of nitrogens with zero attached hydrogens (tertiary/aromatic N) is 4. The Balaban J connectivity index is 0.776. The molecule has 58 heavy (non-hydrogen) atoms. The number of carbonyl (C=O) groups is 1. The molecule has 7 heteroatoms. The van der Waals surface area contributed by atoms with Crippen molar-refractivity contribution >= 4 is 5.78 Å². The van der Waals surface area contributed by atoms with Crippen LogP contribution in [0.15, 0.2) is 24.3 Å². The Hall–Kier alpha value is -2.31. The van der Waals surface area contributed by atoms with E-state index >= 15 is 8.78 Å². The highest BCUT2D eigenvalue weighted by Crippen LogP contribution is 2.43. The third-order valence-corrected chi connectivity index (χ3v) is 15.7. The van der Waals surface area contributed by atoms with Gasteiger partial charge >= 0.3 is 0 Å². The van der Waals surface area contributed by atoms with Crippen LogP contribution in [0.4, 0.5) is 8.78 Å². The van der Waals surface area contributed by atoms with E-state index in [1.807, 2.05) is 0 Å². The van der Waals surface area contributed by atoms with Crippen LogP contribution in [0.1, 0.15) is 228 Å². The molecule has 0 aromatic carbocycles. The van der Waals surface area contributed by atoms with Gasteiger partial charge < -0.3 is 0 Å². The third kappa shape index (κ3) is 14.4. The van der Waals surface area contributed by atoms with E-state index in [1.54, 1.807) is 0 Å². The fourth-order valence-corrected chi connectivity index (χ4v) is 11.5. The van der Waals surface area contributed by atoms with Crippen molar-refractivity contribution in [2.24, 2.45) is 35.5 Å². The molecule has 0 aliphatic heterocycles. The molecule has 4 fully saturated rings. The lowest BCUT2D eigenvalue weighted by Gasteiger charge is -2.34. The van der Waals surface area contributed by atoms with Crippen molar-refractivity contribution in [3.63, 3.8) is 0 Å². The molecule has 0 spiro atoms. The summed E-state index contributed by atoms with van der Waals surface area (Å²) in [6.07, 6.45) is 29.9. The van der Waals surface area contributed by atoms with Crippen molar-refractivity contribution < 1.29 is 13.6 Å². The van der Waals surface area contributed by atoms with Crippen LogP contribution in [0.25, 0.3) is 0 Å². The highest BCUT2D eigenvalue weighted by molar-refractivity contribution is 5.78. The summed E-state index contributed by atoms with van der Waals surface area (Å²) in [6, 6.07) is 8.72. The van der Waals surface area contributed by atoms with Crippen molar-refractivity contribution in [3.8, 4) is 0 Å². The quantitative estimate of drug-likeness (QED) is 0.111. The molecular formula is C51H80F2N4O. The number of hydrogen-bond acceptors (Lipinski definition) is 5. The second-order valence-electron chi connectivity index (χ2n) is 19.9. The third-order valence-electron chi connectivity index (χ3n) is 15.7. The summed E-state index contributed by atoms with van der Waals surface area (Å²) in [7, 11) is 0. The van der Waals surface area contributed by atoms with Crippen molar-refractivity contribution in [1.82, 2.24) is 20.4 Å². The minimum Gasteiger partial charge on any atom is -0.300 e. The van der Waals surface area contributed by atoms with Crippen LogP contribution in [-0.4, -0.2) is 38.5 Å². The molecule has 2 aromatic rings. The first kappa shape index (κ1) is 45.2. The van der Waals surface area contributed by atoms with Gasteiger partial charge in [-0.3, -0.25) is 4.79 Å². The van der Waals surface area contributed by atoms with Crippen molar-refractivity contribution in [2.75, 3.05) is 0 Å². The number of Topliss-reactive ketones (excluding diaryl/α,β-unsaturated/α-hetero) is 1. The first-order valence-corrected chi connectivity index (χ1v) is 24.8. The molecule has 0 radical (unpaired) electrons. The predicted octanol–water partition coefficient (Wildman–Crippen LogP) is 14.2. The molecule has 0 bridgehead atoms. The molecule has 324 valence electrons. The number of carbonyl (C=O) groups excluding carboxylic acids is 1. The molecule has 4 saturated carbocycles. The van der Waals surface area contributed by atoms with Crippen molar-refractivity contribution in [3.05, 3.63) is 47.0 Å². The zero-order chi connectivity index (χ0) is 40.5. The Labute approximate surface area is 351 Å². The predicted molar refractivity (Wildman–Crippen MR) is 233 cm³/mol. The van der Waals surface area contributed by atoms with Crippen LogP contribution in [0.3, 0.4) is 0 Å². The maximum atomic E-state index is 15.6. The minimum absolute atomic E-state index is 0.202. The molecule has 6 rings (SSSR count). The van der Waals surface area contributed by atoms with Gasteiger partial charge in [-0.15, -0.1) is 0 Å². The molecule has 0 saturated heterocycles. The number of hydrogen-bond donors (Lipinski definition) is 0. The van der Waals surface area contributed by atoms with E-state index in [2.05, 4.69) is 58.5 Å². The standard InChI is InChI=1S/C51H80F2N4O/c1-3-5-7-9-45-29-33-50(56-54-45)43-25-15-39(16-26-43)35-48(52)41-21-11-37(12-22-41)19-31-47(58)32-20-38-13-23-42(24-14-38)49(53)36-40-17-27-44(28-18-40)51-34-30-46(55-57-51)10-8-6-4-2/h29-30,33-34,37-44,48-49H,3-28,31-32,35-36H2,1-2H3. The zero-order valence-corrected chi connectivity index (χ0v) is 36.7. The van der Waals surface area contributed by atoms with Crippen LogP contribution in [0, 0.1) is 35.5 Å². The number of rotatable bonds is 22. The second-order valence-corrected chi connectivity index (χ2v) is 19.9. The number of aryl methyl sites for hydroxylation is 2. The second kappa shape index (κ2) is 24.2. The van der Waals surface area contributed by atoms with Gasteiger partial charge in [-0.1, -0.05) is 65.2 Å². The molecular weight excluding hydrogens is 723 g/mol. The summed E-state index contributed by atoms with van der Waals surface area (Å²) in [5.74, 6) is 3.92. The monoisotopic (exact) mass is 803 g/mol. The molecule has 4 aliphatic carbocycles. The van der Waals surface area contributed by atoms with Gasteiger partial charge in [0.1, 0.15) is 18.1 Å². The van der Waals surface area contributed by atoms with E-state index in [0.29, 0.717) is 54.1 Å². The van der Waals surface area contributed by atoms with Crippen LogP contribution < -0.4 is 0 Å². The van der Waals surface area contributed by atoms with Crippen molar-refractivity contribution in [1.29, 1.82) is 0 Å². The van der Waals surface area contributed by atoms with E-state index < -0.39 is 12.3 Å². The van der Waals surface area contributed by atoms with Gasteiger partial charge in [0.05, 0.1) is 22.8 Å². The summed E-state index contributed by atoms with van der Waals surface area (Å²) < 4.78 is 31.1. The Kier molecular flexibility index (Phi) is 18.9. The van der Waals surface area contributed by atoms with Gasteiger partial charge in [0.25, 0.3) is 0 Å². The average Bonchev–Trinajstić information content (AvgIpc) is 3.26. The maximum Gasteiger partial charge on any atom is 0.132 e. The van der Waals surface area contributed by atoms with Gasteiger partial charge in [-0.05, 0) is 188 Å². The Bertz CT molecular complexity index is 1310. The van der Waals surface area contributed by atoms with Gasteiger partial charge in [0.2, 0.25) is 0 Å². The van der Waals surface area contributed by atoms with Gasteiger partial charge in [0.15, 0.2) is 0 Å². The Morgan fingerprint density at radius 3 is 1.24 bits per heavy atom. The van der Waals surface area contributed by atoms with Gasteiger partial charge in [0, 0.05) is 24.7 Å². The first-order valence-electron chi connectivity index (χ1n) is 24.8. The van der Waals surface area contributed by atoms with E-state index in [0.717, 1.165) is 164 Å². The SMILES string of the molecule is CCCCCc1ccc(C2CCC(CC(F)C3CCC(CCC(=O)CCC4CCC(C(F)CC5CCC(c6ccc(CCCCC)nn6)CC5)CC4)CC3)CC2)nn1. The zero-order valence-electron chi connectivity index (χ0n) is 36.7. The van der Waals surface area contributed by atoms with Gasteiger partial charge in [-0.2, -0.15) is 20.4 Å². The fourth-order valence-electron chi connectivity index (χ4n) is 11.5. The number of alkyl halides is 2. The van der Waals surface area contributed by atoms with E-state index in [4.69, 9.17) is 0 Å². The molecule has 5 nitrogen and oxygen atoms in total. The smallest absolute Gasteiger partial charge is 0.132 e. The number of halogens is 2. The van der Waals surface area contributed by atoms with E-state index in [9.17, 15) is 4.79 Å². The number of unbranched alkanes of at least 4 members (excludes halogenated alkanes) is 4. The van der Waals surface area contributed by atoms with Gasteiger partial charge in [-0.25, -0.2) is 8.78 Å².